The molecule has 0 aliphatic heterocycles. The monoisotopic (exact) mass is 203 g/mol. The standard InChI is InChI=1S/C5H12N.In.2H/c1-4-5-6(2)3;;;/h1,4-5H2,2-3H3;;;. The van der Waals surface area contributed by atoms with E-state index < -0.39 is 0 Å². The fourth-order valence-electron chi connectivity index (χ4n) is 0.474. The summed E-state index contributed by atoms with van der Waals surface area (Å²) in [7, 11) is 4.26. The Morgan fingerprint density at radius 2 is 2.00 bits per heavy atom. The van der Waals surface area contributed by atoms with E-state index in [-0.39, 0.29) is 0 Å². The van der Waals surface area contributed by atoms with Crippen LogP contribution in [-0.4, -0.2) is 49.9 Å². The van der Waals surface area contributed by atoms with Gasteiger partial charge in [0.1, 0.15) is 0 Å². The molecule has 2 heteroatoms. The summed E-state index contributed by atoms with van der Waals surface area (Å²) in [6.07, 6.45) is 1.42. The van der Waals surface area contributed by atoms with Gasteiger partial charge in [0.15, 0.2) is 0 Å². The molecular formula is C5H14InN. The Labute approximate surface area is 60.7 Å². The van der Waals surface area contributed by atoms with Gasteiger partial charge in [-0.1, -0.05) is 0 Å². The molecule has 0 aliphatic rings. The number of hydrogen-bond donors (Lipinski definition) is 0. The first kappa shape index (κ1) is 7.83. The van der Waals surface area contributed by atoms with Gasteiger partial charge >= 0.3 is 60.5 Å². The average molecular weight is 203 g/mol. The maximum atomic E-state index is 2.25. The molecule has 0 atom stereocenters. The molecule has 0 aromatic heterocycles. The van der Waals surface area contributed by atoms with E-state index in [0.29, 0.717) is 0 Å². The van der Waals surface area contributed by atoms with Crippen LogP contribution >= 0.6 is 0 Å². The zero-order valence-corrected chi connectivity index (χ0v) is 11.3. The van der Waals surface area contributed by atoms with Crippen LogP contribution in [0.3, 0.4) is 0 Å². The molecule has 0 rings (SSSR count). The van der Waals surface area contributed by atoms with E-state index in [1.807, 2.05) is 0 Å². The summed E-state index contributed by atoms with van der Waals surface area (Å²) < 4.78 is 1.51. The van der Waals surface area contributed by atoms with Crippen molar-refractivity contribution < 1.29 is 0 Å². The summed E-state index contributed by atoms with van der Waals surface area (Å²) in [6, 6.07) is 0. The van der Waals surface area contributed by atoms with E-state index in [1.54, 1.807) is 0 Å². The summed E-state index contributed by atoms with van der Waals surface area (Å²) in [4.78, 5) is 2.25. The molecule has 0 radical (unpaired) electrons. The van der Waals surface area contributed by atoms with Crippen LogP contribution in [0.5, 0.6) is 0 Å². The molecule has 0 bridgehead atoms. The van der Waals surface area contributed by atoms with Gasteiger partial charge in [-0.05, 0) is 0 Å². The van der Waals surface area contributed by atoms with Crippen LogP contribution in [0.2, 0.25) is 4.18 Å². The molecule has 7 heavy (non-hydrogen) atoms. The molecule has 0 amide bonds. The van der Waals surface area contributed by atoms with Gasteiger partial charge in [-0.3, -0.25) is 0 Å². The first-order chi connectivity index (χ1) is 3.27. The van der Waals surface area contributed by atoms with E-state index in [9.17, 15) is 0 Å². The molecular weight excluding hydrogens is 189 g/mol. The third-order valence-electron chi connectivity index (χ3n) is 0.959. The normalized spacial score (nSPS) is 10.1. The Balaban J connectivity index is 2.68. The second kappa shape index (κ2) is 4.98. The van der Waals surface area contributed by atoms with Gasteiger partial charge in [0.2, 0.25) is 0 Å². The van der Waals surface area contributed by atoms with Crippen molar-refractivity contribution in [2.75, 3.05) is 20.6 Å². The fraction of sp³-hybridized carbons (Fsp3) is 1.00. The molecule has 0 aromatic carbocycles. The summed E-state index contributed by atoms with van der Waals surface area (Å²) in [5, 5.41) is 0. The van der Waals surface area contributed by atoms with Gasteiger partial charge in [0.05, 0.1) is 0 Å². The third-order valence-corrected chi connectivity index (χ3v) is 2.98. The van der Waals surface area contributed by atoms with Crippen molar-refractivity contribution in [1.82, 2.24) is 4.90 Å². The summed E-state index contributed by atoms with van der Waals surface area (Å²) in [5.74, 6) is 0. The zero-order valence-electron chi connectivity index (χ0n) is 5.57. The first-order valence-corrected chi connectivity index (χ1v) is 6.95. The van der Waals surface area contributed by atoms with Gasteiger partial charge in [0.25, 0.3) is 0 Å². The Hall–Kier alpha value is 0.830. The summed E-state index contributed by atoms with van der Waals surface area (Å²) in [5.41, 5.74) is 0. The predicted octanol–water partition coefficient (Wildman–Crippen LogP) is -0.0105. The van der Waals surface area contributed by atoms with Gasteiger partial charge in [-0.2, -0.15) is 0 Å². The van der Waals surface area contributed by atoms with Crippen molar-refractivity contribution in [3.05, 3.63) is 0 Å². The van der Waals surface area contributed by atoms with Crippen LogP contribution in [0.1, 0.15) is 6.42 Å². The summed E-state index contributed by atoms with van der Waals surface area (Å²) >= 11 is 0.936. The minimum atomic E-state index is 0.936. The number of nitrogens with zero attached hydrogens (tertiary/aromatic N) is 1. The van der Waals surface area contributed by atoms with E-state index in [0.717, 1.165) is 24.4 Å². The average Bonchev–Trinajstić information content (AvgIpc) is 1.61. The van der Waals surface area contributed by atoms with E-state index >= 15 is 0 Å². The molecule has 42 valence electrons. The Bertz CT molecular complexity index is 37.1. The van der Waals surface area contributed by atoms with Crippen molar-refractivity contribution in [2.24, 2.45) is 0 Å². The molecule has 0 N–H and O–H groups in total. The van der Waals surface area contributed by atoms with Gasteiger partial charge < -0.3 is 0 Å². The number of rotatable bonds is 3. The molecule has 0 fully saturated rings. The predicted molar refractivity (Wildman–Crippen MR) is 36.5 cm³/mol. The van der Waals surface area contributed by atoms with E-state index in [1.165, 1.54) is 17.1 Å². The SMILES string of the molecule is CN(C)CC[CH2][InH2]. The Morgan fingerprint density at radius 1 is 1.43 bits per heavy atom. The minimum absolute atomic E-state index is 0.936. The Morgan fingerprint density at radius 3 is 2.14 bits per heavy atom. The quantitative estimate of drug-likeness (QED) is 0.623. The second-order valence-corrected chi connectivity index (χ2v) is 5.01. The fourth-order valence-corrected chi connectivity index (χ4v) is 1.38. The Kier molecular flexibility index (Phi) is 5.57. The van der Waals surface area contributed by atoms with Crippen molar-refractivity contribution in [2.45, 2.75) is 10.6 Å². The molecule has 1 nitrogen and oxygen atoms in total. The van der Waals surface area contributed by atoms with E-state index in [4.69, 9.17) is 0 Å². The van der Waals surface area contributed by atoms with Gasteiger partial charge in [0, 0.05) is 0 Å². The maximum absolute atomic E-state index is 2.25. The van der Waals surface area contributed by atoms with Crippen LogP contribution in [0, 0.1) is 0 Å². The van der Waals surface area contributed by atoms with Gasteiger partial charge in [-0.15, -0.1) is 0 Å². The van der Waals surface area contributed by atoms with Crippen molar-refractivity contribution in [1.29, 1.82) is 0 Å². The molecule has 0 saturated heterocycles. The molecule has 0 aromatic rings. The van der Waals surface area contributed by atoms with Crippen LogP contribution < -0.4 is 0 Å². The molecule has 0 saturated carbocycles. The van der Waals surface area contributed by atoms with Crippen molar-refractivity contribution in [3.63, 3.8) is 0 Å². The molecule has 0 spiro atoms. The van der Waals surface area contributed by atoms with E-state index in [2.05, 4.69) is 19.0 Å². The van der Waals surface area contributed by atoms with Crippen LogP contribution in [0.15, 0.2) is 0 Å². The summed E-state index contributed by atoms with van der Waals surface area (Å²) in [6.45, 7) is 1.29. The van der Waals surface area contributed by atoms with Crippen molar-refractivity contribution >= 4 is 24.4 Å². The van der Waals surface area contributed by atoms with Crippen molar-refractivity contribution in [3.8, 4) is 0 Å². The molecule has 0 unspecified atom stereocenters. The van der Waals surface area contributed by atoms with Crippen LogP contribution in [0.4, 0.5) is 0 Å². The second-order valence-electron chi connectivity index (χ2n) is 2.16. The van der Waals surface area contributed by atoms with Crippen LogP contribution in [0.25, 0.3) is 0 Å². The van der Waals surface area contributed by atoms with Crippen LogP contribution in [-0.2, 0) is 0 Å². The van der Waals surface area contributed by atoms with Gasteiger partial charge in [-0.25, -0.2) is 0 Å². The topological polar surface area (TPSA) is 3.24 Å². The zero-order chi connectivity index (χ0) is 5.70. The third kappa shape index (κ3) is 6.83. The molecule has 0 aliphatic carbocycles. The first-order valence-electron chi connectivity index (χ1n) is 2.92. The molecule has 0 heterocycles. The number of hydrogen-bond acceptors (Lipinski definition) is 1.